The average Bonchev–Trinajstić information content (AvgIpc) is 3.24. The van der Waals surface area contributed by atoms with Crippen LogP contribution in [0.4, 0.5) is 0 Å². The van der Waals surface area contributed by atoms with Crippen molar-refractivity contribution in [3.8, 4) is 11.5 Å². The molecule has 7 heteroatoms. The Bertz CT molecular complexity index is 845. The molecule has 0 aliphatic carbocycles. The number of likely N-dealkylation sites (tertiary alicyclic amines) is 1. The van der Waals surface area contributed by atoms with Crippen LogP contribution in [0.15, 0.2) is 53.4 Å². The third kappa shape index (κ3) is 5.04. The summed E-state index contributed by atoms with van der Waals surface area (Å²) in [6.07, 6.45) is 2.27. The highest BCUT2D eigenvalue weighted by atomic mass is 32.2. The number of hydrogen-bond donors (Lipinski definition) is 1. The van der Waals surface area contributed by atoms with Crippen molar-refractivity contribution in [2.75, 3.05) is 33.4 Å². The predicted octanol–water partition coefficient (Wildman–Crippen LogP) is 3.21. The Balaban J connectivity index is 1.74. The van der Waals surface area contributed by atoms with Gasteiger partial charge >= 0.3 is 0 Å². The highest BCUT2D eigenvalue weighted by Crippen LogP contribution is 2.27. The second kappa shape index (κ2) is 9.41. The zero-order chi connectivity index (χ0) is 20.0. The first-order chi connectivity index (χ1) is 13.5. The number of rotatable bonds is 9. The van der Waals surface area contributed by atoms with Crippen LogP contribution in [0, 0.1) is 0 Å². The molecule has 2 aromatic rings. The topological polar surface area (TPSA) is 67.9 Å². The lowest BCUT2D eigenvalue weighted by Crippen LogP contribution is -2.36. The van der Waals surface area contributed by atoms with Crippen molar-refractivity contribution < 1.29 is 17.9 Å². The molecule has 28 heavy (non-hydrogen) atoms. The predicted molar refractivity (Wildman–Crippen MR) is 109 cm³/mol. The maximum atomic E-state index is 12.8. The van der Waals surface area contributed by atoms with Gasteiger partial charge in [0.25, 0.3) is 0 Å². The van der Waals surface area contributed by atoms with Crippen LogP contribution in [0.3, 0.4) is 0 Å². The largest absolute Gasteiger partial charge is 0.497 e. The smallest absolute Gasteiger partial charge is 0.240 e. The lowest BCUT2D eigenvalue weighted by atomic mass is 10.1. The maximum Gasteiger partial charge on any atom is 0.240 e. The van der Waals surface area contributed by atoms with E-state index in [1.54, 1.807) is 31.4 Å². The van der Waals surface area contributed by atoms with Crippen LogP contribution in [0.2, 0.25) is 0 Å². The molecular formula is C21H28N2O4S. The third-order valence-corrected chi connectivity index (χ3v) is 6.43. The number of benzene rings is 2. The fourth-order valence-corrected chi connectivity index (χ4v) is 4.53. The van der Waals surface area contributed by atoms with E-state index in [0.717, 1.165) is 37.2 Å². The fraction of sp³-hybridized carbons (Fsp3) is 0.429. The van der Waals surface area contributed by atoms with E-state index < -0.39 is 10.0 Å². The lowest BCUT2D eigenvalue weighted by molar-refractivity contribution is 0.246. The van der Waals surface area contributed by atoms with Gasteiger partial charge in [0, 0.05) is 12.6 Å². The van der Waals surface area contributed by atoms with Crippen LogP contribution in [0.25, 0.3) is 0 Å². The Morgan fingerprint density at radius 3 is 2.18 bits per heavy atom. The first-order valence-corrected chi connectivity index (χ1v) is 11.1. The van der Waals surface area contributed by atoms with Crippen molar-refractivity contribution >= 4 is 10.0 Å². The summed E-state index contributed by atoms with van der Waals surface area (Å²) in [5.41, 5.74) is 1.08. The zero-order valence-corrected chi connectivity index (χ0v) is 17.2. The standard InChI is InChI=1S/C21H28N2O4S/c1-3-27-19-10-12-20(13-11-19)28(24,25)22-16-21(23-14-4-5-15-23)17-6-8-18(26-2)9-7-17/h6-13,21-22H,3-5,14-16H2,1-2H3. The molecule has 0 spiro atoms. The van der Waals surface area contributed by atoms with Gasteiger partial charge in [-0.1, -0.05) is 12.1 Å². The minimum absolute atomic E-state index is 0.00845. The normalized spacial score (nSPS) is 16.1. The molecule has 2 aromatic carbocycles. The third-order valence-electron chi connectivity index (χ3n) is 4.99. The van der Waals surface area contributed by atoms with Gasteiger partial charge in [-0.05, 0) is 74.8 Å². The van der Waals surface area contributed by atoms with Crippen LogP contribution in [-0.4, -0.2) is 46.7 Å². The van der Waals surface area contributed by atoms with Gasteiger partial charge in [-0.25, -0.2) is 13.1 Å². The van der Waals surface area contributed by atoms with Gasteiger partial charge in [0.15, 0.2) is 0 Å². The summed E-state index contributed by atoms with van der Waals surface area (Å²) < 4.78 is 38.9. The van der Waals surface area contributed by atoms with Gasteiger partial charge in [-0.15, -0.1) is 0 Å². The lowest BCUT2D eigenvalue weighted by Gasteiger charge is -2.28. The monoisotopic (exact) mass is 404 g/mol. The Morgan fingerprint density at radius 1 is 1.00 bits per heavy atom. The minimum Gasteiger partial charge on any atom is -0.497 e. The SMILES string of the molecule is CCOc1ccc(S(=O)(=O)NCC(c2ccc(OC)cc2)N2CCCC2)cc1. The van der Waals surface area contributed by atoms with Gasteiger partial charge in [0.05, 0.1) is 18.6 Å². The second-order valence-electron chi connectivity index (χ2n) is 6.79. The molecule has 0 bridgehead atoms. The number of nitrogens with zero attached hydrogens (tertiary/aromatic N) is 1. The number of methoxy groups -OCH3 is 1. The molecule has 0 amide bonds. The van der Waals surface area contributed by atoms with Gasteiger partial charge in [0.2, 0.25) is 10.0 Å². The van der Waals surface area contributed by atoms with Crippen LogP contribution in [0.1, 0.15) is 31.4 Å². The van der Waals surface area contributed by atoms with Gasteiger partial charge in [-0.3, -0.25) is 4.90 Å². The van der Waals surface area contributed by atoms with E-state index in [2.05, 4.69) is 9.62 Å². The van der Waals surface area contributed by atoms with E-state index >= 15 is 0 Å². The quantitative estimate of drug-likeness (QED) is 0.695. The average molecular weight is 405 g/mol. The number of sulfonamides is 1. The molecule has 1 fully saturated rings. The molecule has 6 nitrogen and oxygen atoms in total. The molecule has 1 atom stereocenters. The summed E-state index contributed by atoms with van der Waals surface area (Å²) in [5, 5.41) is 0. The van der Waals surface area contributed by atoms with Crippen molar-refractivity contribution in [1.82, 2.24) is 9.62 Å². The van der Waals surface area contributed by atoms with E-state index in [4.69, 9.17) is 9.47 Å². The van der Waals surface area contributed by atoms with Gasteiger partial charge in [0.1, 0.15) is 11.5 Å². The molecule has 1 heterocycles. The van der Waals surface area contributed by atoms with Crippen LogP contribution in [0.5, 0.6) is 11.5 Å². The molecule has 0 aromatic heterocycles. The summed E-state index contributed by atoms with van der Waals surface area (Å²) in [5.74, 6) is 1.45. The van der Waals surface area contributed by atoms with Gasteiger partial charge < -0.3 is 9.47 Å². The molecule has 1 saturated heterocycles. The van der Waals surface area contributed by atoms with Crippen LogP contribution in [-0.2, 0) is 10.0 Å². The molecule has 0 saturated carbocycles. The highest BCUT2D eigenvalue weighted by Gasteiger charge is 2.25. The van der Waals surface area contributed by atoms with E-state index in [-0.39, 0.29) is 10.9 Å². The number of hydrogen-bond acceptors (Lipinski definition) is 5. The van der Waals surface area contributed by atoms with Crippen molar-refractivity contribution in [1.29, 1.82) is 0 Å². The van der Waals surface area contributed by atoms with Crippen molar-refractivity contribution in [2.24, 2.45) is 0 Å². The van der Waals surface area contributed by atoms with E-state index in [1.165, 1.54) is 0 Å². The van der Waals surface area contributed by atoms with Crippen LogP contribution >= 0.6 is 0 Å². The Hall–Kier alpha value is -2.09. The Kier molecular flexibility index (Phi) is 6.93. The summed E-state index contributed by atoms with van der Waals surface area (Å²) in [6, 6.07) is 14.3. The Morgan fingerprint density at radius 2 is 1.61 bits per heavy atom. The second-order valence-corrected chi connectivity index (χ2v) is 8.56. The highest BCUT2D eigenvalue weighted by molar-refractivity contribution is 7.89. The summed E-state index contributed by atoms with van der Waals surface area (Å²) in [4.78, 5) is 2.58. The zero-order valence-electron chi connectivity index (χ0n) is 16.4. The first kappa shape index (κ1) is 20.6. The summed E-state index contributed by atoms with van der Waals surface area (Å²) >= 11 is 0. The maximum absolute atomic E-state index is 12.8. The fourth-order valence-electron chi connectivity index (χ4n) is 3.49. The van der Waals surface area contributed by atoms with E-state index in [1.807, 2.05) is 31.2 Å². The molecule has 1 N–H and O–H groups in total. The van der Waals surface area contributed by atoms with Crippen molar-refractivity contribution in [2.45, 2.75) is 30.7 Å². The van der Waals surface area contributed by atoms with E-state index in [0.29, 0.717) is 18.9 Å². The number of nitrogens with one attached hydrogen (secondary N) is 1. The summed E-state index contributed by atoms with van der Waals surface area (Å²) in [7, 11) is -1.96. The Labute approximate surface area is 167 Å². The summed E-state index contributed by atoms with van der Waals surface area (Å²) in [6.45, 7) is 4.71. The van der Waals surface area contributed by atoms with Crippen LogP contribution < -0.4 is 14.2 Å². The van der Waals surface area contributed by atoms with E-state index in [9.17, 15) is 8.42 Å². The molecule has 1 aliphatic heterocycles. The number of ether oxygens (including phenoxy) is 2. The van der Waals surface area contributed by atoms with Crippen molar-refractivity contribution in [3.05, 3.63) is 54.1 Å². The molecule has 152 valence electrons. The molecular weight excluding hydrogens is 376 g/mol. The van der Waals surface area contributed by atoms with Crippen molar-refractivity contribution in [3.63, 3.8) is 0 Å². The first-order valence-electron chi connectivity index (χ1n) is 9.64. The molecule has 0 radical (unpaired) electrons. The minimum atomic E-state index is -3.59. The molecule has 1 aliphatic rings. The molecule has 3 rings (SSSR count). The van der Waals surface area contributed by atoms with Gasteiger partial charge in [-0.2, -0.15) is 0 Å². The molecule has 1 unspecified atom stereocenters.